The maximum absolute atomic E-state index is 13.7. The molecule has 0 saturated carbocycles. The first-order valence-corrected chi connectivity index (χ1v) is 7.33. The molecule has 0 heterocycles. The van der Waals surface area contributed by atoms with Crippen LogP contribution in [0.25, 0.3) is 0 Å². The lowest BCUT2D eigenvalue weighted by atomic mass is 10.1. The van der Waals surface area contributed by atoms with E-state index in [2.05, 4.69) is 4.72 Å². The van der Waals surface area contributed by atoms with Gasteiger partial charge in [0.15, 0.2) is 0 Å². The van der Waals surface area contributed by atoms with Crippen molar-refractivity contribution < 1.29 is 17.7 Å². The van der Waals surface area contributed by atoms with E-state index in [9.17, 15) is 22.9 Å². The number of halogens is 1. The second kappa shape index (κ2) is 6.25. The van der Waals surface area contributed by atoms with Crippen LogP contribution in [0.2, 0.25) is 0 Å². The Morgan fingerprint density at radius 1 is 1.45 bits per heavy atom. The summed E-state index contributed by atoms with van der Waals surface area (Å²) in [5, 5.41) is 10.5. The summed E-state index contributed by atoms with van der Waals surface area (Å²) in [6, 6.07) is 1.82. The standard InChI is InChI=1S/C11H16FN3O4S/c1-7(2)10(6-13)14-20(18,19)11-4-3-8(15(16)17)5-9(11)12/h3-5,7,10,14H,6,13H2,1-2H3. The highest BCUT2D eigenvalue weighted by molar-refractivity contribution is 7.89. The average molecular weight is 305 g/mol. The van der Waals surface area contributed by atoms with Crippen LogP contribution in [-0.4, -0.2) is 25.9 Å². The predicted molar refractivity (Wildman–Crippen MR) is 71.1 cm³/mol. The summed E-state index contributed by atoms with van der Waals surface area (Å²) < 4.78 is 40.1. The third-order valence-corrected chi connectivity index (χ3v) is 4.30. The maximum atomic E-state index is 13.7. The third-order valence-electron chi connectivity index (χ3n) is 2.78. The van der Waals surface area contributed by atoms with Crippen molar-refractivity contribution in [1.82, 2.24) is 4.72 Å². The Hall–Kier alpha value is -1.58. The molecule has 9 heteroatoms. The summed E-state index contributed by atoms with van der Waals surface area (Å²) in [7, 11) is -4.12. The quantitative estimate of drug-likeness (QED) is 0.601. The van der Waals surface area contributed by atoms with E-state index in [-0.39, 0.29) is 12.5 Å². The van der Waals surface area contributed by atoms with E-state index < -0.39 is 37.4 Å². The van der Waals surface area contributed by atoms with Crippen LogP contribution >= 0.6 is 0 Å². The molecule has 0 aliphatic rings. The smallest absolute Gasteiger partial charge is 0.272 e. The van der Waals surface area contributed by atoms with Crippen molar-refractivity contribution in [2.45, 2.75) is 24.8 Å². The number of benzene rings is 1. The zero-order valence-corrected chi connectivity index (χ0v) is 11.9. The first-order valence-electron chi connectivity index (χ1n) is 5.85. The van der Waals surface area contributed by atoms with Gasteiger partial charge in [0, 0.05) is 18.7 Å². The number of nitro groups is 1. The van der Waals surface area contributed by atoms with Crippen molar-refractivity contribution in [3.63, 3.8) is 0 Å². The van der Waals surface area contributed by atoms with Gasteiger partial charge >= 0.3 is 0 Å². The van der Waals surface area contributed by atoms with Gasteiger partial charge in [-0.1, -0.05) is 13.8 Å². The summed E-state index contributed by atoms with van der Waals surface area (Å²) in [6.07, 6.45) is 0. The molecule has 0 aliphatic heterocycles. The third kappa shape index (κ3) is 3.71. The van der Waals surface area contributed by atoms with E-state index in [0.29, 0.717) is 6.07 Å². The van der Waals surface area contributed by atoms with Crippen LogP contribution in [0.1, 0.15) is 13.8 Å². The van der Waals surface area contributed by atoms with Crippen molar-refractivity contribution in [2.24, 2.45) is 11.7 Å². The number of hydrogen-bond donors (Lipinski definition) is 2. The van der Waals surface area contributed by atoms with Crippen molar-refractivity contribution in [1.29, 1.82) is 0 Å². The van der Waals surface area contributed by atoms with E-state index >= 15 is 0 Å². The number of sulfonamides is 1. The molecular weight excluding hydrogens is 289 g/mol. The Balaban J connectivity index is 3.13. The van der Waals surface area contributed by atoms with Crippen LogP contribution in [0.15, 0.2) is 23.1 Å². The largest absolute Gasteiger partial charge is 0.329 e. The van der Waals surface area contributed by atoms with E-state index in [0.717, 1.165) is 12.1 Å². The van der Waals surface area contributed by atoms with Gasteiger partial charge in [-0.3, -0.25) is 10.1 Å². The van der Waals surface area contributed by atoms with Crippen LogP contribution < -0.4 is 10.5 Å². The van der Waals surface area contributed by atoms with Gasteiger partial charge in [0.25, 0.3) is 5.69 Å². The molecule has 1 unspecified atom stereocenters. The fourth-order valence-electron chi connectivity index (χ4n) is 1.54. The molecule has 0 saturated heterocycles. The molecule has 0 fully saturated rings. The topological polar surface area (TPSA) is 115 Å². The second-order valence-electron chi connectivity index (χ2n) is 4.58. The van der Waals surface area contributed by atoms with Crippen molar-refractivity contribution >= 4 is 15.7 Å². The van der Waals surface area contributed by atoms with Crippen LogP contribution in [0.4, 0.5) is 10.1 Å². The first kappa shape index (κ1) is 16.5. The van der Waals surface area contributed by atoms with Crippen LogP contribution in [-0.2, 0) is 10.0 Å². The normalized spacial score (nSPS) is 13.4. The van der Waals surface area contributed by atoms with E-state index in [1.165, 1.54) is 0 Å². The van der Waals surface area contributed by atoms with Gasteiger partial charge in [-0.15, -0.1) is 0 Å². The lowest BCUT2D eigenvalue weighted by molar-refractivity contribution is -0.385. The fourth-order valence-corrected chi connectivity index (χ4v) is 3.00. The summed E-state index contributed by atoms with van der Waals surface area (Å²) in [5.41, 5.74) is 4.94. The molecule has 1 aromatic rings. The minimum Gasteiger partial charge on any atom is -0.329 e. The van der Waals surface area contributed by atoms with Crippen LogP contribution in [0.5, 0.6) is 0 Å². The lowest BCUT2D eigenvalue weighted by Gasteiger charge is -2.20. The number of nitrogens with zero attached hydrogens (tertiary/aromatic N) is 1. The highest BCUT2D eigenvalue weighted by Gasteiger charge is 2.25. The molecule has 3 N–H and O–H groups in total. The van der Waals surface area contributed by atoms with Gasteiger partial charge in [-0.05, 0) is 12.0 Å². The number of nitrogens with two attached hydrogens (primary N) is 1. The molecule has 0 amide bonds. The molecule has 1 atom stereocenters. The van der Waals surface area contributed by atoms with E-state index in [1.54, 1.807) is 13.8 Å². The van der Waals surface area contributed by atoms with Gasteiger partial charge in [0.05, 0.1) is 11.0 Å². The summed E-state index contributed by atoms with van der Waals surface area (Å²) in [4.78, 5) is 9.05. The van der Waals surface area contributed by atoms with Gasteiger partial charge in [0.1, 0.15) is 10.7 Å². The predicted octanol–water partition coefficient (Wildman–Crippen LogP) is 0.996. The summed E-state index contributed by atoms with van der Waals surface area (Å²) in [5.74, 6) is -1.25. The Bertz CT molecular complexity index is 604. The lowest BCUT2D eigenvalue weighted by Crippen LogP contribution is -2.43. The number of non-ortho nitro benzene ring substituents is 1. The maximum Gasteiger partial charge on any atom is 0.272 e. The SMILES string of the molecule is CC(C)C(CN)NS(=O)(=O)c1ccc([N+](=O)[O-])cc1F. The van der Waals surface area contributed by atoms with Crippen LogP contribution in [0, 0.1) is 21.8 Å². The Morgan fingerprint density at radius 2 is 2.05 bits per heavy atom. The highest BCUT2D eigenvalue weighted by atomic mass is 32.2. The van der Waals surface area contributed by atoms with Crippen LogP contribution in [0.3, 0.4) is 0 Å². The highest BCUT2D eigenvalue weighted by Crippen LogP contribution is 2.21. The first-order chi connectivity index (χ1) is 9.19. The molecule has 0 radical (unpaired) electrons. The minimum atomic E-state index is -4.12. The Morgan fingerprint density at radius 3 is 2.45 bits per heavy atom. The molecule has 0 spiro atoms. The monoisotopic (exact) mass is 305 g/mol. The molecule has 112 valence electrons. The number of nitro benzene ring substituents is 1. The molecular formula is C11H16FN3O4S. The molecule has 0 aliphatic carbocycles. The minimum absolute atomic E-state index is 0.0610. The summed E-state index contributed by atoms with van der Waals surface area (Å²) in [6.45, 7) is 3.60. The molecule has 20 heavy (non-hydrogen) atoms. The molecule has 1 rings (SSSR count). The number of nitrogens with one attached hydrogen (secondary N) is 1. The van der Waals surface area contributed by atoms with Gasteiger partial charge in [-0.2, -0.15) is 0 Å². The zero-order valence-electron chi connectivity index (χ0n) is 11.0. The Labute approximate surface area is 116 Å². The molecule has 0 bridgehead atoms. The van der Waals surface area contributed by atoms with Crippen molar-refractivity contribution in [2.75, 3.05) is 6.54 Å². The zero-order chi connectivity index (χ0) is 15.5. The Kier molecular flexibility index (Phi) is 5.15. The van der Waals surface area contributed by atoms with Gasteiger partial charge in [-0.25, -0.2) is 17.5 Å². The van der Waals surface area contributed by atoms with Crippen molar-refractivity contribution in [3.8, 4) is 0 Å². The van der Waals surface area contributed by atoms with Crippen molar-refractivity contribution in [3.05, 3.63) is 34.1 Å². The van der Waals surface area contributed by atoms with Gasteiger partial charge in [0.2, 0.25) is 10.0 Å². The second-order valence-corrected chi connectivity index (χ2v) is 6.26. The fraction of sp³-hybridized carbons (Fsp3) is 0.455. The molecule has 7 nitrogen and oxygen atoms in total. The molecule has 1 aromatic carbocycles. The average Bonchev–Trinajstić information content (AvgIpc) is 2.35. The molecule has 0 aromatic heterocycles. The van der Waals surface area contributed by atoms with E-state index in [1.807, 2.05) is 0 Å². The summed E-state index contributed by atoms with van der Waals surface area (Å²) >= 11 is 0. The number of hydrogen-bond acceptors (Lipinski definition) is 5. The number of rotatable bonds is 6. The van der Waals surface area contributed by atoms with E-state index in [4.69, 9.17) is 5.73 Å². The van der Waals surface area contributed by atoms with Gasteiger partial charge < -0.3 is 5.73 Å².